The molecule has 2 nitrogen and oxygen atoms in total. The molecule has 0 aliphatic carbocycles. The molecule has 0 amide bonds. The van der Waals surface area contributed by atoms with Crippen LogP contribution < -0.4 is 0 Å². The second kappa shape index (κ2) is 1.69. The number of hydrogen-bond donors (Lipinski definition) is 0. The van der Waals surface area contributed by atoms with E-state index >= 15 is 0 Å². The SMILES string of the molecule is C=C1OCC2C3C=CC(O3)C12. The highest BCUT2D eigenvalue weighted by Crippen LogP contribution is 2.46. The van der Waals surface area contributed by atoms with Crippen molar-refractivity contribution < 1.29 is 9.47 Å². The van der Waals surface area contributed by atoms with Crippen molar-refractivity contribution in [1.29, 1.82) is 0 Å². The van der Waals surface area contributed by atoms with Gasteiger partial charge in [-0.15, -0.1) is 0 Å². The highest BCUT2D eigenvalue weighted by molar-refractivity contribution is 5.22. The van der Waals surface area contributed by atoms with Crippen LogP contribution in [0, 0.1) is 11.8 Å². The van der Waals surface area contributed by atoms with E-state index < -0.39 is 0 Å². The van der Waals surface area contributed by atoms with Crippen molar-refractivity contribution in [2.24, 2.45) is 11.8 Å². The summed E-state index contributed by atoms with van der Waals surface area (Å²) in [6.07, 6.45) is 4.85. The topological polar surface area (TPSA) is 18.5 Å². The normalized spacial score (nSPS) is 51.5. The zero-order valence-corrected chi connectivity index (χ0v) is 6.19. The molecule has 2 bridgehead atoms. The molecule has 11 heavy (non-hydrogen) atoms. The van der Waals surface area contributed by atoms with Crippen LogP contribution in [-0.2, 0) is 9.47 Å². The molecular formula is C9H10O2. The van der Waals surface area contributed by atoms with Gasteiger partial charge in [0.15, 0.2) is 0 Å². The molecule has 2 heteroatoms. The lowest BCUT2D eigenvalue weighted by atomic mass is 9.85. The predicted molar refractivity (Wildman–Crippen MR) is 39.9 cm³/mol. The van der Waals surface area contributed by atoms with E-state index in [2.05, 4.69) is 18.7 Å². The molecule has 0 aromatic heterocycles. The molecule has 4 unspecified atom stereocenters. The number of fused-ring (bicyclic) bond motifs is 5. The fourth-order valence-electron chi connectivity index (χ4n) is 2.31. The summed E-state index contributed by atoms with van der Waals surface area (Å²) in [4.78, 5) is 0. The van der Waals surface area contributed by atoms with Crippen molar-refractivity contribution in [3.05, 3.63) is 24.5 Å². The van der Waals surface area contributed by atoms with E-state index in [9.17, 15) is 0 Å². The average molecular weight is 150 g/mol. The molecule has 4 atom stereocenters. The number of rotatable bonds is 0. The van der Waals surface area contributed by atoms with Gasteiger partial charge in [0.25, 0.3) is 0 Å². The van der Waals surface area contributed by atoms with Gasteiger partial charge in [-0.25, -0.2) is 0 Å². The molecule has 0 aromatic carbocycles. The van der Waals surface area contributed by atoms with Crippen LogP contribution in [0.5, 0.6) is 0 Å². The van der Waals surface area contributed by atoms with E-state index in [4.69, 9.17) is 9.47 Å². The van der Waals surface area contributed by atoms with Crippen molar-refractivity contribution in [2.45, 2.75) is 12.2 Å². The van der Waals surface area contributed by atoms with Gasteiger partial charge in [-0.2, -0.15) is 0 Å². The number of hydrogen-bond acceptors (Lipinski definition) is 2. The van der Waals surface area contributed by atoms with Gasteiger partial charge in [0, 0.05) is 5.92 Å². The van der Waals surface area contributed by atoms with Crippen molar-refractivity contribution in [3.8, 4) is 0 Å². The maximum absolute atomic E-state index is 5.66. The maximum Gasteiger partial charge on any atom is 0.0953 e. The largest absolute Gasteiger partial charge is 0.498 e. The Morgan fingerprint density at radius 2 is 2.18 bits per heavy atom. The van der Waals surface area contributed by atoms with Gasteiger partial charge in [-0.3, -0.25) is 0 Å². The molecule has 0 radical (unpaired) electrons. The van der Waals surface area contributed by atoms with E-state index in [-0.39, 0.29) is 6.10 Å². The Bertz CT molecular complexity index is 244. The molecule has 3 aliphatic rings. The minimum atomic E-state index is 0.264. The van der Waals surface area contributed by atoms with Gasteiger partial charge in [0.05, 0.1) is 30.5 Å². The van der Waals surface area contributed by atoms with Crippen LogP contribution in [0.4, 0.5) is 0 Å². The monoisotopic (exact) mass is 150 g/mol. The first-order valence-electron chi connectivity index (χ1n) is 4.01. The summed E-state index contributed by atoms with van der Waals surface area (Å²) in [7, 11) is 0. The maximum atomic E-state index is 5.66. The Hall–Kier alpha value is -0.760. The van der Waals surface area contributed by atoms with Gasteiger partial charge in [-0.1, -0.05) is 18.7 Å². The summed E-state index contributed by atoms with van der Waals surface area (Å²) in [6, 6.07) is 0. The smallest absolute Gasteiger partial charge is 0.0953 e. The van der Waals surface area contributed by atoms with Crippen LogP contribution in [0.25, 0.3) is 0 Å². The van der Waals surface area contributed by atoms with E-state index in [1.54, 1.807) is 0 Å². The molecule has 0 aromatic rings. The first kappa shape index (κ1) is 5.84. The first-order valence-corrected chi connectivity index (χ1v) is 4.01. The van der Waals surface area contributed by atoms with Gasteiger partial charge in [-0.05, 0) is 0 Å². The first-order chi connectivity index (χ1) is 5.36. The molecule has 0 spiro atoms. The third-order valence-electron chi connectivity index (χ3n) is 2.87. The summed E-state index contributed by atoms with van der Waals surface area (Å²) in [5.41, 5.74) is 0. The summed E-state index contributed by atoms with van der Waals surface area (Å²) in [5.74, 6) is 1.93. The third kappa shape index (κ3) is 0.566. The average Bonchev–Trinajstić information content (AvgIpc) is 2.60. The van der Waals surface area contributed by atoms with E-state index in [0.29, 0.717) is 17.9 Å². The molecule has 3 aliphatic heterocycles. The summed E-state index contributed by atoms with van der Waals surface area (Å²) in [5, 5.41) is 0. The summed E-state index contributed by atoms with van der Waals surface area (Å²) < 4.78 is 11.0. The summed E-state index contributed by atoms with van der Waals surface area (Å²) in [6.45, 7) is 4.68. The molecule has 2 saturated heterocycles. The summed E-state index contributed by atoms with van der Waals surface area (Å²) >= 11 is 0. The Labute approximate surface area is 65.5 Å². The fourth-order valence-corrected chi connectivity index (χ4v) is 2.31. The highest BCUT2D eigenvalue weighted by Gasteiger charge is 2.51. The molecule has 3 heterocycles. The van der Waals surface area contributed by atoms with Crippen molar-refractivity contribution in [2.75, 3.05) is 6.61 Å². The zero-order chi connectivity index (χ0) is 7.42. The molecule has 2 fully saturated rings. The van der Waals surface area contributed by atoms with Crippen LogP contribution in [0.3, 0.4) is 0 Å². The second-order valence-electron chi connectivity index (χ2n) is 3.42. The number of ether oxygens (including phenoxy) is 2. The zero-order valence-electron chi connectivity index (χ0n) is 6.19. The lowest BCUT2D eigenvalue weighted by Gasteiger charge is -2.12. The van der Waals surface area contributed by atoms with Gasteiger partial charge in [0.1, 0.15) is 0 Å². The van der Waals surface area contributed by atoms with Gasteiger partial charge in [0.2, 0.25) is 0 Å². The van der Waals surface area contributed by atoms with Crippen LogP contribution in [0.15, 0.2) is 24.5 Å². The lowest BCUT2D eigenvalue weighted by Crippen LogP contribution is -2.20. The predicted octanol–water partition coefficient (Wildman–Crippen LogP) is 1.10. The van der Waals surface area contributed by atoms with Crippen LogP contribution in [0.1, 0.15) is 0 Å². The van der Waals surface area contributed by atoms with E-state index in [1.807, 2.05) is 0 Å². The van der Waals surface area contributed by atoms with Crippen LogP contribution in [0.2, 0.25) is 0 Å². The molecule has 58 valence electrons. The van der Waals surface area contributed by atoms with Crippen molar-refractivity contribution in [1.82, 2.24) is 0 Å². The second-order valence-corrected chi connectivity index (χ2v) is 3.42. The van der Waals surface area contributed by atoms with Crippen molar-refractivity contribution >= 4 is 0 Å². The minimum absolute atomic E-state index is 0.264. The van der Waals surface area contributed by atoms with Gasteiger partial charge < -0.3 is 9.47 Å². The van der Waals surface area contributed by atoms with Crippen molar-refractivity contribution in [3.63, 3.8) is 0 Å². The van der Waals surface area contributed by atoms with Crippen LogP contribution in [-0.4, -0.2) is 18.8 Å². The standard InChI is InChI=1S/C9H10O2/c1-5-9-6(4-10-5)7-2-3-8(9)11-7/h2-3,6-9H,1,4H2. The molecule has 0 saturated carbocycles. The molecule has 3 rings (SSSR count). The Kier molecular flexibility index (Phi) is 0.899. The van der Waals surface area contributed by atoms with Gasteiger partial charge >= 0.3 is 0 Å². The molecule has 0 N–H and O–H groups in total. The lowest BCUT2D eigenvalue weighted by molar-refractivity contribution is 0.0764. The van der Waals surface area contributed by atoms with E-state index in [0.717, 1.165) is 12.4 Å². The minimum Gasteiger partial charge on any atom is -0.498 e. The molecular weight excluding hydrogens is 140 g/mol. The Balaban J connectivity index is 2.03. The Morgan fingerprint density at radius 3 is 3.00 bits per heavy atom. The Morgan fingerprint density at radius 1 is 1.36 bits per heavy atom. The quantitative estimate of drug-likeness (QED) is 0.481. The third-order valence-corrected chi connectivity index (χ3v) is 2.87. The fraction of sp³-hybridized carbons (Fsp3) is 0.556. The highest BCUT2D eigenvalue weighted by atomic mass is 16.5. The van der Waals surface area contributed by atoms with E-state index in [1.165, 1.54) is 0 Å². The van der Waals surface area contributed by atoms with Crippen LogP contribution >= 0.6 is 0 Å².